The predicted molar refractivity (Wildman–Crippen MR) is 127 cm³/mol. The lowest BCUT2D eigenvalue weighted by Crippen LogP contribution is -1.95. The fourth-order valence-electron chi connectivity index (χ4n) is 3.98. The number of benzene rings is 4. The molecule has 4 aromatic rings. The van der Waals surface area contributed by atoms with Gasteiger partial charge in [-0.25, -0.2) is 0 Å². The number of phenolic OH excluding ortho intramolecular Hbond substituents is 4. The molecule has 0 saturated carbocycles. The molecule has 0 atom stereocenters. The Morgan fingerprint density at radius 3 is 1.19 bits per heavy atom. The van der Waals surface area contributed by atoms with Gasteiger partial charge in [0.25, 0.3) is 0 Å². The molecule has 0 bridgehead atoms. The van der Waals surface area contributed by atoms with Crippen LogP contribution in [0, 0.1) is 13.8 Å². The van der Waals surface area contributed by atoms with E-state index in [2.05, 4.69) is 0 Å². The van der Waals surface area contributed by atoms with Crippen molar-refractivity contribution in [2.24, 2.45) is 0 Å². The molecule has 4 rings (SSSR count). The highest BCUT2D eigenvalue weighted by atomic mass is 16.3. The SMILES string of the molecule is Cc1cc(-c2cc(C)c(O)c(Cc3ccc(O)cc3)c2)cc(Cc2ccc(O)cc2)c1O. The van der Waals surface area contributed by atoms with E-state index in [4.69, 9.17) is 0 Å². The molecule has 0 saturated heterocycles. The van der Waals surface area contributed by atoms with Gasteiger partial charge in [0.1, 0.15) is 23.0 Å². The summed E-state index contributed by atoms with van der Waals surface area (Å²) in [7, 11) is 0. The van der Waals surface area contributed by atoms with Gasteiger partial charge in [0.05, 0.1) is 0 Å². The van der Waals surface area contributed by atoms with Crippen LogP contribution in [0.4, 0.5) is 0 Å². The van der Waals surface area contributed by atoms with E-state index in [1.54, 1.807) is 24.3 Å². The standard InChI is InChI=1S/C28H26O4/c1-17-11-21(15-23(27(17)31)13-19-3-7-25(29)8-4-19)22-12-18(2)28(32)24(16-22)14-20-5-9-26(30)10-6-20/h3-12,15-16,29-32H,13-14H2,1-2H3. The van der Waals surface area contributed by atoms with Crippen LogP contribution in [0.2, 0.25) is 0 Å². The number of hydrogen-bond acceptors (Lipinski definition) is 4. The molecule has 0 radical (unpaired) electrons. The Morgan fingerprint density at radius 1 is 0.500 bits per heavy atom. The second-order valence-corrected chi connectivity index (χ2v) is 8.29. The van der Waals surface area contributed by atoms with Crippen molar-refractivity contribution in [3.8, 4) is 34.1 Å². The molecule has 0 spiro atoms. The summed E-state index contributed by atoms with van der Waals surface area (Å²) >= 11 is 0. The first-order valence-electron chi connectivity index (χ1n) is 10.5. The number of aryl methyl sites for hydroxylation is 2. The number of phenols is 4. The summed E-state index contributed by atoms with van der Waals surface area (Å²) in [6, 6.07) is 21.8. The fourth-order valence-corrected chi connectivity index (χ4v) is 3.98. The molecule has 0 aliphatic rings. The second kappa shape index (κ2) is 8.67. The molecule has 0 amide bonds. The molecule has 0 aromatic heterocycles. The van der Waals surface area contributed by atoms with Crippen LogP contribution in [0.5, 0.6) is 23.0 Å². The Kier molecular flexibility index (Phi) is 5.78. The molecule has 4 nitrogen and oxygen atoms in total. The Balaban J connectivity index is 1.72. The molecule has 0 aliphatic heterocycles. The summed E-state index contributed by atoms with van der Waals surface area (Å²) in [5.41, 5.74) is 7.07. The molecule has 162 valence electrons. The van der Waals surface area contributed by atoms with Gasteiger partial charge in [0, 0.05) is 12.8 Å². The van der Waals surface area contributed by atoms with Crippen LogP contribution >= 0.6 is 0 Å². The fraction of sp³-hybridized carbons (Fsp3) is 0.143. The van der Waals surface area contributed by atoms with Crippen LogP contribution in [0.15, 0.2) is 72.8 Å². The first-order valence-corrected chi connectivity index (χ1v) is 10.5. The van der Waals surface area contributed by atoms with Crippen molar-refractivity contribution in [2.75, 3.05) is 0 Å². The molecule has 0 fully saturated rings. The topological polar surface area (TPSA) is 80.9 Å². The van der Waals surface area contributed by atoms with Gasteiger partial charge in [-0.3, -0.25) is 0 Å². The highest BCUT2D eigenvalue weighted by Gasteiger charge is 2.13. The quantitative estimate of drug-likeness (QED) is 0.317. The first kappa shape index (κ1) is 21.3. The minimum atomic E-state index is 0.212. The van der Waals surface area contributed by atoms with Crippen LogP contribution in [0.1, 0.15) is 33.4 Å². The molecule has 0 aliphatic carbocycles. The van der Waals surface area contributed by atoms with Crippen LogP contribution < -0.4 is 0 Å². The Hall–Kier alpha value is -3.92. The third-order valence-corrected chi connectivity index (χ3v) is 5.75. The van der Waals surface area contributed by atoms with Crippen molar-refractivity contribution in [3.05, 3.63) is 106 Å². The molecular formula is C28H26O4. The lowest BCUT2D eigenvalue weighted by atomic mass is 9.92. The second-order valence-electron chi connectivity index (χ2n) is 8.29. The third-order valence-electron chi connectivity index (χ3n) is 5.75. The predicted octanol–water partition coefficient (Wildman–Crippen LogP) is 5.97. The molecule has 0 heterocycles. The van der Waals surface area contributed by atoms with Crippen LogP contribution in [-0.4, -0.2) is 20.4 Å². The molecule has 4 heteroatoms. The van der Waals surface area contributed by atoms with E-state index in [1.807, 2.05) is 62.4 Å². The van der Waals surface area contributed by atoms with E-state index in [9.17, 15) is 20.4 Å². The lowest BCUT2D eigenvalue weighted by molar-refractivity contribution is 0.464. The van der Waals surface area contributed by atoms with E-state index in [1.165, 1.54) is 0 Å². The van der Waals surface area contributed by atoms with Crippen LogP contribution in [-0.2, 0) is 12.8 Å². The largest absolute Gasteiger partial charge is 0.508 e. The number of rotatable bonds is 5. The van der Waals surface area contributed by atoms with Gasteiger partial charge in [-0.15, -0.1) is 0 Å². The maximum Gasteiger partial charge on any atom is 0.122 e. The zero-order valence-electron chi connectivity index (χ0n) is 18.1. The normalized spacial score (nSPS) is 10.9. The Labute approximate surface area is 187 Å². The molecule has 4 N–H and O–H groups in total. The number of aromatic hydroxyl groups is 4. The highest BCUT2D eigenvalue weighted by molar-refractivity contribution is 5.71. The summed E-state index contributed by atoms with van der Waals surface area (Å²) < 4.78 is 0. The van der Waals surface area contributed by atoms with Gasteiger partial charge in [-0.2, -0.15) is 0 Å². The molecular weight excluding hydrogens is 400 g/mol. The van der Waals surface area contributed by atoms with E-state index in [0.29, 0.717) is 12.8 Å². The number of hydrogen-bond donors (Lipinski definition) is 4. The first-order chi connectivity index (χ1) is 15.3. The maximum atomic E-state index is 10.6. The Bertz CT molecular complexity index is 1160. The van der Waals surface area contributed by atoms with E-state index < -0.39 is 0 Å². The van der Waals surface area contributed by atoms with Crippen molar-refractivity contribution in [3.63, 3.8) is 0 Å². The average Bonchev–Trinajstić information content (AvgIpc) is 2.77. The monoisotopic (exact) mass is 426 g/mol. The van der Waals surface area contributed by atoms with Crippen molar-refractivity contribution in [2.45, 2.75) is 26.7 Å². The van der Waals surface area contributed by atoms with E-state index in [-0.39, 0.29) is 23.0 Å². The van der Waals surface area contributed by atoms with Gasteiger partial charge in [0.2, 0.25) is 0 Å². The molecule has 4 aromatic carbocycles. The summed E-state index contributed by atoms with van der Waals surface area (Å²) in [4.78, 5) is 0. The zero-order valence-corrected chi connectivity index (χ0v) is 18.1. The minimum absolute atomic E-state index is 0.212. The van der Waals surface area contributed by atoms with Crippen molar-refractivity contribution in [1.82, 2.24) is 0 Å². The summed E-state index contributed by atoms with van der Waals surface area (Å²) in [5.74, 6) is 0.954. The van der Waals surface area contributed by atoms with Gasteiger partial charge < -0.3 is 20.4 Å². The van der Waals surface area contributed by atoms with E-state index >= 15 is 0 Å². The van der Waals surface area contributed by atoms with Crippen molar-refractivity contribution < 1.29 is 20.4 Å². The average molecular weight is 427 g/mol. The lowest BCUT2D eigenvalue weighted by Gasteiger charge is -2.15. The van der Waals surface area contributed by atoms with Crippen LogP contribution in [0.25, 0.3) is 11.1 Å². The Morgan fingerprint density at radius 2 is 0.844 bits per heavy atom. The van der Waals surface area contributed by atoms with Gasteiger partial charge in [-0.05, 0) is 107 Å². The van der Waals surface area contributed by atoms with Gasteiger partial charge >= 0.3 is 0 Å². The summed E-state index contributed by atoms with van der Waals surface area (Å²) in [6.45, 7) is 3.76. The molecule has 32 heavy (non-hydrogen) atoms. The van der Waals surface area contributed by atoms with Gasteiger partial charge in [-0.1, -0.05) is 24.3 Å². The van der Waals surface area contributed by atoms with Gasteiger partial charge in [0.15, 0.2) is 0 Å². The van der Waals surface area contributed by atoms with Crippen molar-refractivity contribution in [1.29, 1.82) is 0 Å². The summed E-state index contributed by atoms with van der Waals surface area (Å²) in [5, 5.41) is 40.3. The van der Waals surface area contributed by atoms with E-state index in [0.717, 1.165) is 44.5 Å². The third kappa shape index (κ3) is 4.54. The minimum Gasteiger partial charge on any atom is -0.508 e. The maximum absolute atomic E-state index is 10.6. The smallest absolute Gasteiger partial charge is 0.122 e. The molecule has 0 unspecified atom stereocenters. The summed E-state index contributed by atoms with van der Waals surface area (Å²) in [6.07, 6.45) is 1.08. The van der Waals surface area contributed by atoms with Crippen LogP contribution in [0.3, 0.4) is 0 Å². The highest BCUT2D eigenvalue weighted by Crippen LogP contribution is 2.35. The van der Waals surface area contributed by atoms with Crippen molar-refractivity contribution >= 4 is 0 Å². The zero-order chi connectivity index (χ0) is 22.8.